The summed E-state index contributed by atoms with van der Waals surface area (Å²) in [5, 5.41) is 8.77. The third-order valence-electron chi connectivity index (χ3n) is 2.95. The number of aliphatic carboxylic acids is 1. The number of carboxylic acid groups (broad SMARTS) is 1. The number of rotatable bonds is 5. The third-order valence-corrected chi connectivity index (χ3v) is 2.95. The summed E-state index contributed by atoms with van der Waals surface area (Å²) in [7, 11) is 1.60. The molecule has 1 unspecified atom stereocenters. The van der Waals surface area contributed by atoms with Crippen LogP contribution in [0.15, 0.2) is 23.1 Å². The van der Waals surface area contributed by atoms with Crippen molar-refractivity contribution >= 4 is 11.9 Å². The summed E-state index contributed by atoms with van der Waals surface area (Å²) in [6, 6.07) is 2.40. The van der Waals surface area contributed by atoms with Crippen LogP contribution in [-0.2, 0) is 11.8 Å². The highest BCUT2D eigenvalue weighted by Gasteiger charge is 2.22. The number of aryl methyl sites for hydroxylation is 1. The molecular weight excluding hydrogens is 248 g/mol. The van der Waals surface area contributed by atoms with E-state index in [9.17, 15) is 14.4 Å². The molecular formula is C13H18N2O4. The summed E-state index contributed by atoms with van der Waals surface area (Å²) in [6.07, 6.45) is 1.40. The van der Waals surface area contributed by atoms with Gasteiger partial charge >= 0.3 is 5.97 Å². The van der Waals surface area contributed by atoms with Crippen LogP contribution < -0.4 is 5.56 Å². The number of carbonyl (C=O) groups is 2. The Morgan fingerprint density at radius 1 is 1.47 bits per heavy atom. The molecule has 1 atom stereocenters. The van der Waals surface area contributed by atoms with Gasteiger partial charge in [0, 0.05) is 37.5 Å². The van der Waals surface area contributed by atoms with Crippen molar-refractivity contribution in [2.24, 2.45) is 7.05 Å². The van der Waals surface area contributed by atoms with Gasteiger partial charge in [-0.1, -0.05) is 0 Å². The highest BCUT2D eigenvalue weighted by atomic mass is 16.4. The van der Waals surface area contributed by atoms with Crippen molar-refractivity contribution in [1.29, 1.82) is 0 Å². The highest BCUT2D eigenvalue weighted by molar-refractivity contribution is 5.94. The second-order valence-corrected chi connectivity index (χ2v) is 4.40. The average Bonchev–Trinajstić information content (AvgIpc) is 2.32. The number of carbonyl (C=O) groups excluding carboxylic acids is 1. The summed E-state index contributed by atoms with van der Waals surface area (Å²) < 4.78 is 1.37. The third kappa shape index (κ3) is 3.67. The molecule has 1 rings (SSSR count). The van der Waals surface area contributed by atoms with E-state index in [4.69, 9.17) is 5.11 Å². The number of hydrogen-bond acceptors (Lipinski definition) is 3. The molecule has 0 bridgehead atoms. The fourth-order valence-corrected chi connectivity index (χ4v) is 1.87. The first-order valence-electron chi connectivity index (χ1n) is 6.06. The van der Waals surface area contributed by atoms with Crippen LogP contribution in [0.25, 0.3) is 0 Å². The van der Waals surface area contributed by atoms with E-state index < -0.39 is 12.0 Å². The van der Waals surface area contributed by atoms with Gasteiger partial charge in [-0.05, 0) is 19.9 Å². The quantitative estimate of drug-likeness (QED) is 0.851. The summed E-state index contributed by atoms with van der Waals surface area (Å²) in [5.41, 5.74) is 0.00924. The molecule has 19 heavy (non-hydrogen) atoms. The van der Waals surface area contributed by atoms with Gasteiger partial charge in [-0.25, -0.2) is 0 Å². The van der Waals surface area contributed by atoms with Crippen molar-refractivity contribution in [1.82, 2.24) is 9.47 Å². The van der Waals surface area contributed by atoms with Gasteiger partial charge in [-0.3, -0.25) is 14.4 Å². The van der Waals surface area contributed by atoms with Crippen LogP contribution in [-0.4, -0.2) is 39.0 Å². The van der Waals surface area contributed by atoms with E-state index in [0.717, 1.165) is 0 Å². The Bertz CT molecular complexity index is 536. The number of pyridine rings is 1. The Kier molecular flexibility index (Phi) is 4.86. The van der Waals surface area contributed by atoms with Crippen LogP contribution in [0, 0.1) is 0 Å². The minimum atomic E-state index is -0.956. The molecule has 0 radical (unpaired) electrons. The lowest BCUT2D eigenvalue weighted by atomic mass is 10.1. The second-order valence-electron chi connectivity index (χ2n) is 4.40. The maximum atomic E-state index is 12.2. The van der Waals surface area contributed by atoms with Gasteiger partial charge in [0.05, 0.1) is 6.42 Å². The standard InChI is InChI=1S/C13H18N2O4/c1-4-15(9(2)7-12(17)18)13(19)10-5-6-14(3)11(16)8-10/h5-6,8-9H,4,7H2,1-3H3,(H,17,18). The predicted molar refractivity (Wildman–Crippen MR) is 70.1 cm³/mol. The molecule has 0 saturated heterocycles. The van der Waals surface area contributed by atoms with Crippen LogP contribution in [0.1, 0.15) is 30.6 Å². The lowest BCUT2D eigenvalue weighted by molar-refractivity contribution is -0.138. The van der Waals surface area contributed by atoms with Crippen LogP contribution in [0.5, 0.6) is 0 Å². The Balaban J connectivity index is 2.98. The van der Waals surface area contributed by atoms with Crippen LogP contribution in [0.4, 0.5) is 0 Å². The summed E-state index contributed by atoms with van der Waals surface area (Å²) >= 11 is 0. The molecule has 6 nitrogen and oxygen atoms in total. The van der Waals surface area contributed by atoms with E-state index in [-0.39, 0.29) is 23.5 Å². The molecule has 1 aromatic rings. The van der Waals surface area contributed by atoms with Crippen molar-refractivity contribution in [3.8, 4) is 0 Å². The molecule has 0 aliphatic carbocycles. The number of nitrogens with zero attached hydrogens (tertiary/aromatic N) is 2. The SMILES string of the molecule is CCN(C(=O)c1ccn(C)c(=O)c1)C(C)CC(=O)O. The van der Waals surface area contributed by atoms with Crippen molar-refractivity contribution in [2.45, 2.75) is 26.3 Å². The lowest BCUT2D eigenvalue weighted by Gasteiger charge is -2.27. The normalized spacial score (nSPS) is 11.9. The van der Waals surface area contributed by atoms with Gasteiger partial charge in [0.1, 0.15) is 0 Å². The van der Waals surface area contributed by atoms with Gasteiger partial charge in [0.25, 0.3) is 11.5 Å². The van der Waals surface area contributed by atoms with Crippen LogP contribution >= 0.6 is 0 Å². The summed E-state index contributed by atoms with van der Waals surface area (Å²) in [6.45, 7) is 3.84. The van der Waals surface area contributed by atoms with Gasteiger partial charge in [-0.15, -0.1) is 0 Å². The zero-order chi connectivity index (χ0) is 14.6. The topological polar surface area (TPSA) is 79.6 Å². The molecule has 0 aliphatic rings. The highest BCUT2D eigenvalue weighted by Crippen LogP contribution is 2.09. The molecule has 0 saturated carbocycles. The summed E-state index contributed by atoms with van der Waals surface area (Å²) in [5.74, 6) is -1.28. The lowest BCUT2D eigenvalue weighted by Crippen LogP contribution is -2.40. The monoisotopic (exact) mass is 266 g/mol. The second kappa shape index (κ2) is 6.17. The first kappa shape index (κ1) is 14.9. The first-order chi connectivity index (χ1) is 8.86. The van der Waals surface area contributed by atoms with E-state index in [1.165, 1.54) is 21.7 Å². The molecule has 0 aliphatic heterocycles. The van der Waals surface area contributed by atoms with Gasteiger partial charge in [-0.2, -0.15) is 0 Å². The first-order valence-corrected chi connectivity index (χ1v) is 6.06. The molecule has 6 heteroatoms. The maximum Gasteiger partial charge on any atom is 0.305 e. The Morgan fingerprint density at radius 3 is 2.58 bits per heavy atom. The van der Waals surface area contributed by atoms with Crippen molar-refractivity contribution in [3.05, 3.63) is 34.2 Å². The molecule has 1 aromatic heterocycles. The van der Waals surface area contributed by atoms with Gasteiger partial charge < -0.3 is 14.6 Å². The molecule has 1 N–H and O–H groups in total. The van der Waals surface area contributed by atoms with E-state index in [0.29, 0.717) is 6.54 Å². The Morgan fingerprint density at radius 2 is 2.11 bits per heavy atom. The fraction of sp³-hybridized carbons (Fsp3) is 0.462. The number of carboxylic acids is 1. The molecule has 0 spiro atoms. The zero-order valence-corrected chi connectivity index (χ0v) is 11.3. The fourth-order valence-electron chi connectivity index (χ4n) is 1.87. The largest absolute Gasteiger partial charge is 0.481 e. The van der Waals surface area contributed by atoms with Crippen LogP contribution in [0.2, 0.25) is 0 Å². The molecule has 104 valence electrons. The van der Waals surface area contributed by atoms with Gasteiger partial charge in [0.15, 0.2) is 0 Å². The molecule has 1 amide bonds. The van der Waals surface area contributed by atoms with Crippen LogP contribution in [0.3, 0.4) is 0 Å². The number of aromatic nitrogens is 1. The summed E-state index contributed by atoms with van der Waals surface area (Å²) in [4.78, 5) is 35.9. The number of hydrogen-bond donors (Lipinski definition) is 1. The van der Waals surface area contributed by atoms with Crippen molar-refractivity contribution in [3.63, 3.8) is 0 Å². The molecule has 0 fully saturated rings. The van der Waals surface area contributed by atoms with Crippen molar-refractivity contribution < 1.29 is 14.7 Å². The van der Waals surface area contributed by atoms with E-state index in [1.54, 1.807) is 27.0 Å². The Labute approximate surface area is 111 Å². The maximum absolute atomic E-state index is 12.2. The molecule has 1 heterocycles. The zero-order valence-electron chi connectivity index (χ0n) is 11.3. The van der Waals surface area contributed by atoms with Gasteiger partial charge in [0.2, 0.25) is 0 Å². The average molecular weight is 266 g/mol. The van der Waals surface area contributed by atoms with E-state index >= 15 is 0 Å². The minimum absolute atomic E-state index is 0.121. The predicted octanol–water partition coefficient (Wildman–Crippen LogP) is 0.711. The van der Waals surface area contributed by atoms with E-state index in [2.05, 4.69) is 0 Å². The number of amides is 1. The molecule has 0 aromatic carbocycles. The smallest absolute Gasteiger partial charge is 0.305 e. The Hall–Kier alpha value is -2.11. The minimum Gasteiger partial charge on any atom is -0.481 e. The van der Waals surface area contributed by atoms with E-state index in [1.807, 2.05) is 0 Å². The van der Waals surface area contributed by atoms with Crippen molar-refractivity contribution in [2.75, 3.05) is 6.54 Å².